The predicted octanol–water partition coefficient (Wildman–Crippen LogP) is 1.77. The zero-order chi connectivity index (χ0) is 13.8. The fourth-order valence-corrected chi connectivity index (χ4v) is 2.71. The Morgan fingerprint density at radius 3 is 2.74 bits per heavy atom. The third-order valence-corrected chi connectivity index (χ3v) is 4.09. The second-order valence-electron chi connectivity index (χ2n) is 6.09. The molecule has 2 saturated heterocycles. The molecule has 4 nitrogen and oxygen atoms in total. The maximum Gasteiger partial charge on any atom is 0.106 e. The van der Waals surface area contributed by atoms with E-state index in [2.05, 4.69) is 23.8 Å². The molecule has 0 radical (unpaired) electrons. The topological polar surface area (TPSA) is 33.7 Å². The van der Waals surface area contributed by atoms with Crippen molar-refractivity contribution in [1.29, 1.82) is 0 Å². The molecule has 2 heterocycles. The van der Waals surface area contributed by atoms with Crippen molar-refractivity contribution >= 4 is 0 Å². The van der Waals surface area contributed by atoms with E-state index in [1.54, 1.807) is 0 Å². The van der Waals surface area contributed by atoms with Crippen molar-refractivity contribution in [2.45, 2.75) is 57.3 Å². The summed E-state index contributed by atoms with van der Waals surface area (Å²) in [4.78, 5) is 2.41. The second-order valence-corrected chi connectivity index (χ2v) is 6.09. The predicted molar refractivity (Wildman–Crippen MR) is 77.2 cm³/mol. The van der Waals surface area contributed by atoms with E-state index in [4.69, 9.17) is 9.47 Å². The first kappa shape index (κ1) is 14.8. The maximum absolute atomic E-state index is 5.69. The summed E-state index contributed by atoms with van der Waals surface area (Å²) in [6.07, 6.45) is 3.78. The van der Waals surface area contributed by atoms with E-state index in [0.29, 0.717) is 18.1 Å². The molecule has 0 aromatic heterocycles. The normalized spacial score (nSPS) is 27.8. The van der Waals surface area contributed by atoms with Crippen LogP contribution in [0, 0.1) is 0 Å². The van der Waals surface area contributed by atoms with Crippen molar-refractivity contribution in [3.63, 3.8) is 0 Å². The van der Waals surface area contributed by atoms with Gasteiger partial charge in [-0.3, -0.25) is 4.90 Å². The van der Waals surface area contributed by atoms with Gasteiger partial charge in [-0.1, -0.05) is 6.58 Å². The summed E-state index contributed by atoms with van der Waals surface area (Å²) >= 11 is 0. The molecule has 0 aromatic rings. The highest BCUT2D eigenvalue weighted by Crippen LogP contribution is 2.22. The largest absolute Gasteiger partial charge is 0.494 e. The Morgan fingerprint density at radius 1 is 1.42 bits per heavy atom. The van der Waals surface area contributed by atoms with Crippen molar-refractivity contribution in [3.8, 4) is 0 Å². The Morgan fingerprint density at radius 2 is 2.16 bits per heavy atom. The maximum atomic E-state index is 5.69. The second kappa shape index (κ2) is 6.73. The van der Waals surface area contributed by atoms with E-state index in [9.17, 15) is 0 Å². The van der Waals surface area contributed by atoms with Crippen molar-refractivity contribution < 1.29 is 9.47 Å². The van der Waals surface area contributed by atoms with Crippen LogP contribution in [-0.2, 0) is 9.47 Å². The van der Waals surface area contributed by atoms with E-state index in [-0.39, 0.29) is 6.10 Å². The van der Waals surface area contributed by atoms with Crippen LogP contribution in [-0.4, -0.2) is 55.9 Å². The molecule has 0 aromatic carbocycles. The smallest absolute Gasteiger partial charge is 0.106 e. The molecule has 0 amide bonds. The molecule has 0 aliphatic carbocycles. The third-order valence-electron chi connectivity index (χ3n) is 4.09. The average molecular weight is 268 g/mol. The van der Waals surface area contributed by atoms with Gasteiger partial charge < -0.3 is 14.8 Å². The summed E-state index contributed by atoms with van der Waals surface area (Å²) in [6, 6.07) is 1.57. The highest BCUT2D eigenvalue weighted by atomic mass is 16.5. The summed E-state index contributed by atoms with van der Waals surface area (Å²) in [7, 11) is 2.19. The molecule has 0 spiro atoms. The Balaban J connectivity index is 1.65. The molecule has 2 atom stereocenters. The zero-order valence-corrected chi connectivity index (χ0v) is 12.5. The quantitative estimate of drug-likeness (QED) is 0.714. The van der Waals surface area contributed by atoms with Crippen LogP contribution in [0.2, 0.25) is 0 Å². The minimum Gasteiger partial charge on any atom is -0.494 e. The Labute approximate surface area is 117 Å². The van der Waals surface area contributed by atoms with Gasteiger partial charge in [-0.25, -0.2) is 0 Å². The standard InChI is InChI=1S/C15H28N2O2/c1-11(2)19-12(3)15-6-5-13(16-15)7-8-17(4)14-9-18-10-14/h11,13-16H,3,5-10H2,1-2,4H3. The van der Waals surface area contributed by atoms with Gasteiger partial charge in [0.15, 0.2) is 0 Å². The summed E-state index contributed by atoms with van der Waals surface area (Å²) in [6.45, 7) is 11.1. The van der Waals surface area contributed by atoms with Gasteiger partial charge in [-0.2, -0.15) is 0 Å². The van der Waals surface area contributed by atoms with E-state index in [1.807, 2.05) is 13.8 Å². The van der Waals surface area contributed by atoms with E-state index >= 15 is 0 Å². The molecule has 2 aliphatic rings. The molecule has 0 saturated carbocycles. The summed E-state index contributed by atoms with van der Waals surface area (Å²) < 4.78 is 10.9. The molecular formula is C15H28N2O2. The minimum absolute atomic E-state index is 0.220. The van der Waals surface area contributed by atoms with Crippen molar-refractivity contribution in [2.24, 2.45) is 0 Å². The fraction of sp³-hybridized carbons (Fsp3) is 0.867. The van der Waals surface area contributed by atoms with Crippen LogP contribution in [0.3, 0.4) is 0 Å². The number of ether oxygens (including phenoxy) is 2. The number of likely N-dealkylation sites (N-methyl/N-ethyl adjacent to an activating group) is 1. The summed E-state index contributed by atoms with van der Waals surface area (Å²) in [5.74, 6) is 0.901. The number of nitrogens with zero attached hydrogens (tertiary/aromatic N) is 1. The van der Waals surface area contributed by atoms with Gasteiger partial charge >= 0.3 is 0 Å². The molecule has 2 aliphatic heterocycles. The Kier molecular flexibility index (Phi) is 5.25. The number of rotatable bonds is 7. The van der Waals surface area contributed by atoms with Crippen LogP contribution < -0.4 is 5.32 Å². The van der Waals surface area contributed by atoms with Crippen molar-refractivity contribution in [1.82, 2.24) is 10.2 Å². The lowest BCUT2D eigenvalue weighted by atomic mass is 10.1. The van der Waals surface area contributed by atoms with E-state index in [0.717, 1.165) is 31.9 Å². The first-order chi connectivity index (χ1) is 9.06. The highest BCUT2D eigenvalue weighted by Gasteiger charge is 2.28. The SMILES string of the molecule is C=C(OC(C)C)C1CCC(CCN(C)C2COC2)N1. The van der Waals surface area contributed by atoms with Crippen LogP contribution in [0.25, 0.3) is 0 Å². The Bertz CT molecular complexity index is 303. The van der Waals surface area contributed by atoms with Gasteiger partial charge in [0.05, 0.1) is 31.4 Å². The molecule has 1 N–H and O–H groups in total. The molecule has 2 unspecified atom stereocenters. The van der Waals surface area contributed by atoms with Gasteiger partial charge in [0.1, 0.15) is 5.76 Å². The molecule has 2 fully saturated rings. The molecular weight excluding hydrogens is 240 g/mol. The first-order valence-corrected chi connectivity index (χ1v) is 7.45. The lowest BCUT2D eigenvalue weighted by Crippen LogP contribution is -2.48. The lowest BCUT2D eigenvalue weighted by molar-refractivity contribution is -0.0565. The van der Waals surface area contributed by atoms with Gasteiger partial charge in [-0.15, -0.1) is 0 Å². The van der Waals surface area contributed by atoms with Gasteiger partial charge in [0, 0.05) is 6.04 Å². The molecule has 4 heteroatoms. The summed E-state index contributed by atoms with van der Waals surface area (Å²) in [5.41, 5.74) is 0. The molecule has 110 valence electrons. The van der Waals surface area contributed by atoms with Gasteiger partial charge in [-0.05, 0) is 46.7 Å². The van der Waals surface area contributed by atoms with Crippen LogP contribution in [0.4, 0.5) is 0 Å². The third kappa shape index (κ3) is 4.20. The number of hydrogen-bond acceptors (Lipinski definition) is 4. The Hall–Kier alpha value is -0.580. The fourth-order valence-electron chi connectivity index (χ4n) is 2.71. The monoisotopic (exact) mass is 268 g/mol. The van der Waals surface area contributed by atoms with Crippen LogP contribution >= 0.6 is 0 Å². The number of nitrogens with one attached hydrogen (secondary N) is 1. The first-order valence-electron chi connectivity index (χ1n) is 7.45. The zero-order valence-electron chi connectivity index (χ0n) is 12.5. The average Bonchev–Trinajstić information content (AvgIpc) is 2.71. The molecule has 19 heavy (non-hydrogen) atoms. The van der Waals surface area contributed by atoms with Gasteiger partial charge in [0.2, 0.25) is 0 Å². The van der Waals surface area contributed by atoms with Crippen LogP contribution in [0.5, 0.6) is 0 Å². The van der Waals surface area contributed by atoms with E-state index < -0.39 is 0 Å². The highest BCUT2D eigenvalue weighted by molar-refractivity contribution is 5.02. The van der Waals surface area contributed by atoms with E-state index in [1.165, 1.54) is 12.8 Å². The summed E-state index contributed by atoms with van der Waals surface area (Å²) in [5, 5.41) is 3.64. The minimum atomic E-state index is 0.220. The van der Waals surface area contributed by atoms with Gasteiger partial charge in [0.25, 0.3) is 0 Å². The van der Waals surface area contributed by atoms with Crippen molar-refractivity contribution in [3.05, 3.63) is 12.3 Å². The number of hydrogen-bond donors (Lipinski definition) is 1. The molecule has 0 bridgehead atoms. The van der Waals surface area contributed by atoms with Crippen molar-refractivity contribution in [2.75, 3.05) is 26.8 Å². The molecule has 2 rings (SSSR count). The lowest BCUT2D eigenvalue weighted by Gasteiger charge is -2.35. The van der Waals surface area contributed by atoms with Crippen LogP contribution in [0.15, 0.2) is 12.3 Å². The van der Waals surface area contributed by atoms with Crippen LogP contribution in [0.1, 0.15) is 33.1 Å².